The van der Waals surface area contributed by atoms with Crippen molar-refractivity contribution in [2.24, 2.45) is 0 Å². The first-order chi connectivity index (χ1) is 19.8. The van der Waals surface area contributed by atoms with Gasteiger partial charge in [0.25, 0.3) is 0 Å². The molecule has 8 nitrogen and oxygen atoms in total. The van der Waals surface area contributed by atoms with Gasteiger partial charge in [-0.3, -0.25) is 19.3 Å². The van der Waals surface area contributed by atoms with Gasteiger partial charge in [0.1, 0.15) is 11.6 Å². The van der Waals surface area contributed by atoms with Gasteiger partial charge in [0.15, 0.2) is 0 Å². The summed E-state index contributed by atoms with van der Waals surface area (Å²) in [5, 5.41) is 9.00. The average molecular weight is 690 g/mol. The third-order valence-corrected chi connectivity index (χ3v) is 9.46. The van der Waals surface area contributed by atoms with E-state index in [1.165, 1.54) is 6.08 Å². The largest absolute Gasteiger partial charge is 0.379 e. The molecule has 3 N–H and O–H groups in total. The lowest BCUT2D eigenvalue weighted by atomic mass is 9.94. The highest BCUT2D eigenvalue weighted by Gasteiger charge is 2.43. The molecule has 1 aliphatic heterocycles. The van der Waals surface area contributed by atoms with Crippen LogP contribution < -0.4 is 16.0 Å². The molecule has 4 rings (SSSR count). The van der Waals surface area contributed by atoms with Crippen molar-refractivity contribution in [1.29, 1.82) is 0 Å². The van der Waals surface area contributed by atoms with Crippen LogP contribution in [0.4, 0.5) is 0 Å². The second-order valence-electron chi connectivity index (χ2n) is 10.6. The van der Waals surface area contributed by atoms with Crippen LogP contribution in [0.15, 0.2) is 63.6 Å². The Morgan fingerprint density at radius 1 is 1.00 bits per heavy atom. The number of nitrogens with zero attached hydrogens (tertiary/aromatic N) is 1. The first-order valence-electron chi connectivity index (χ1n) is 14.2. The molecule has 0 bridgehead atoms. The zero-order chi connectivity index (χ0) is 29.1. The first kappa shape index (κ1) is 31.4. The third-order valence-electron chi connectivity index (χ3n) is 7.58. The Balaban J connectivity index is 1.39. The van der Waals surface area contributed by atoms with Crippen molar-refractivity contribution >= 4 is 55.7 Å². The molecule has 1 heterocycles. The van der Waals surface area contributed by atoms with Gasteiger partial charge in [0, 0.05) is 41.1 Å². The molecule has 41 heavy (non-hydrogen) atoms. The molecular weight excluding hydrogens is 652 g/mol. The van der Waals surface area contributed by atoms with E-state index < -0.39 is 11.6 Å². The maximum atomic E-state index is 13.7. The normalized spacial score (nSPS) is 17.7. The zero-order valence-corrected chi connectivity index (χ0v) is 26.3. The van der Waals surface area contributed by atoms with Crippen LogP contribution in [-0.2, 0) is 25.5 Å². The summed E-state index contributed by atoms with van der Waals surface area (Å²) < 4.78 is 7.21. The van der Waals surface area contributed by atoms with Crippen LogP contribution in [-0.4, -0.2) is 73.6 Å². The topological polar surface area (TPSA) is 99.8 Å². The number of hydrogen-bond acceptors (Lipinski definition) is 5. The highest BCUT2D eigenvalue weighted by Crippen LogP contribution is 2.30. The van der Waals surface area contributed by atoms with E-state index in [2.05, 4.69) is 52.7 Å². The molecule has 2 fully saturated rings. The maximum absolute atomic E-state index is 13.7. The molecule has 1 saturated heterocycles. The van der Waals surface area contributed by atoms with Crippen molar-refractivity contribution < 1.29 is 19.1 Å². The Morgan fingerprint density at radius 3 is 2.44 bits per heavy atom. The fourth-order valence-corrected chi connectivity index (χ4v) is 5.91. The Hall–Kier alpha value is -2.53. The molecule has 0 radical (unpaired) electrons. The maximum Gasteiger partial charge on any atom is 0.246 e. The van der Waals surface area contributed by atoms with Gasteiger partial charge < -0.3 is 20.7 Å². The second-order valence-corrected chi connectivity index (χ2v) is 12.3. The summed E-state index contributed by atoms with van der Waals surface area (Å²) in [5.41, 5.74) is 0.760. The molecule has 2 aliphatic rings. The van der Waals surface area contributed by atoms with Gasteiger partial charge >= 0.3 is 0 Å². The van der Waals surface area contributed by atoms with Gasteiger partial charge in [0.05, 0.1) is 13.2 Å². The summed E-state index contributed by atoms with van der Waals surface area (Å²) in [6, 6.07) is 14.6. The van der Waals surface area contributed by atoms with Gasteiger partial charge in [-0.1, -0.05) is 49.2 Å². The van der Waals surface area contributed by atoms with Crippen molar-refractivity contribution in [1.82, 2.24) is 20.9 Å². The number of nitrogens with one attached hydrogen (secondary N) is 3. The zero-order valence-electron chi connectivity index (χ0n) is 23.2. The van der Waals surface area contributed by atoms with Crippen molar-refractivity contribution in [3.05, 3.63) is 74.7 Å². The number of rotatable bonds is 12. The second kappa shape index (κ2) is 15.6. The van der Waals surface area contributed by atoms with Crippen molar-refractivity contribution in [2.45, 2.75) is 50.1 Å². The lowest BCUT2D eigenvalue weighted by molar-refractivity contribution is -0.135. The molecule has 1 saturated carbocycles. The van der Waals surface area contributed by atoms with Crippen molar-refractivity contribution in [3.63, 3.8) is 0 Å². The van der Waals surface area contributed by atoms with E-state index in [0.29, 0.717) is 25.8 Å². The predicted molar refractivity (Wildman–Crippen MR) is 167 cm³/mol. The Labute approximate surface area is 258 Å². The summed E-state index contributed by atoms with van der Waals surface area (Å²) in [7, 11) is 0. The number of benzene rings is 2. The molecule has 0 aromatic heterocycles. The van der Waals surface area contributed by atoms with Crippen molar-refractivity contribution in [3.8, 4) is 0 Å². The van der Waals surface area contributed by atoms with E-state index in [9.17, 15) is 14.4 Å². The van der Waals surface area contributed by atoms with E-state index in [0.717, 1.165) is 72.2 Å². The smallest absolute Gasteiger partial charge is 0.246 e. The molecule has 1 atom stereocenters. The van der Waals surface area contributed by atoms with E-state index in [4.69, 9.17) is 4.74 Å². The Morgan fingerprint density at radius 2 is 1.73 bits per heavy atom. The van der Waals surface area contributed by atoms with Crippen LogP contribution in [0.25, 0.3) is 6.08 Å². The Bertz CT molecular complexity index is 1210. The first-order valence-corrected chi connectivity index (χ1v) is 15.8. The predicted octanol–water partition coefficient (Wildman–Crippen LogP) is 4.22. The molecule has 1 unspecified atom stereocenters. The number of amides is 3. The summed E-state index contributed by atoms with van der Waals surface area (Å²) in [6.45, 7) is 4.71. The van der Waals surface area contributed by atoms with Crippen LogP contribution in [0.5, 0.6) is 0 Å². The minimum atomic E-state index is -1.05. The minimum absolute atomic E-state index is 0.218. The number of halogens is 2. The quantitative estimate of drug-likeness (QED) is 0.229. The fraction of sp³-hybridized carbons (Fsp3) is 0.452. The molecule has 10 heteroatoms. The summed E-state index contributed by atoms with van der Waals surface area (Å²) in [4.78, 5) is 42.4. The average Bonchev–Trinajstić information content (AvgIpc) is 3.46. The molecular formula is C31H38Br2N4O4. The summed E-state index contributed by atoms with van der Waals surface area (Å²) in [6.07, 6.45) is 7.07. The van der Waals surface area contributed by atoms with Crippen LogP contribution in [0.1, 0.15) is 43.2 Å². The molecule has 0 spiro atoms. The number of carbonyl (C=O) groups is 3. The highest BCUT2D eigenvalue weighted by molar-refractivity contribution is 9.13. The Kier molecular flexibility index (Phi) is 12.0. The van der Waals surface area contributed by atoms with E-state index >= 15 is 0 Å². The lowest BCUT2D eigenvalue weighted by Crippen LogP contribution is -2.61. The van der Waals surface area contributed by atoms with E-state index in [-0.39, 0.29) is 17.7 Å². The van der Waals surface area contributed by atoms with E-state index in [1.807, 2.05) is 48.5 Å². The van der Waals surface area contributed by atoms with Crippen LogP contribution in [0, 0.1) is 0 Å². The standard InChI is InChI=1S/C31H38Br2N4O4/c32-25-11-9-24(21-26(25)33)10-12-28(38)36-31(13-4-5-14-31)30(40)35-27(22-23-7-2-1-3-8-23)29(39)34-15-6-16-37-17-19-41-20-18-37/h1-3,7-12,21,27H,4-6,13-20,22H2,(H,34,39)(H,35,40)(H,36,38). The lowest BCUT2D eigenvalue weighted by Gasteiger charge is -2.31. The van der Waals surface area contributed by atoms with Gasteiger partial charge in [-0.15, -0.1) is 0 Å². The molecule has 2 aromatic carbocycles. The number of carbonyl (C=O) groups excluding carboxylic acids is 3. The fourth-order valence-electron chi connectivity index (χ4n) is 5.27. The van der Waals surface area contributed by atoms with Crippen LogP contribution in [0.2, 0.25) is 0 Å². The van der Waals surface area contributed by atoms with Gasteiger partial charge in [0.2, 0.25) is 17.7 Å². The number of morpholine rings is 1. The summed E-state index contributed by atoms with van der Waals surface area (Å²) in [5.74, 6) is -0.870. The molecule has 2 aromatic rings. The third kappa shape index (κ3) is 9.49. The van der Waals surface area contributed by atoms with Crippen molar-refractivity contribution in [2.75, 3.05) is 39.4 Å². The minimum Gasteiger partial charge on any atom is -0.379 e. The SMILES string of the molecule is O=C(C=Cc1ccc(Br)c(Br)c1)NC1(C(=O)NC(Cc2ccccc2)C(=O)NCCCN2CCOCC2)CCCC1. The van der Waals surface area contributed by atoms with E-state index in [1.54, 1.807) is 6.08 Å². The van der Waals surface area contributed by atoms with Gasteiger partial charge in [-0.2, -0.15) is 0 Å². The number of ether oxygens (including phenoxy) is 1. The van der Waals surface area contributed by atoms with Crippen LogP contribution >= 0.6 is 31.9 Å². The molecule has 3 amide bonds. The number of hydrogen-bond donors (Lipinski definition) is 3. The van der Waals surface area contributed by atoms with Crippen LogP contribution in [0.3, 0.4) is 0 Å². The van der Waals surface area contributed by atoms with Gasteiger partial charge in [-0.05, 0) is 87.0 Å². The molecule has 220 valence electrons. The summed E-state index contributed by atoms with van der Waals surface area (Å²) >= 11 is 6.92. The monoisotopic (exact) mass is 688 g/mol. The molecule has 1 aliphatic carbocycles. The highest BCUT2D eigenvalue weighted by atomic mass is 79.9. The van der Waals surface area contributed by atoms with Gasteiger partial charge in [-0.25, -0.2) is 0 Å².